The van der Waals surface area contributed by atoms with Crippen LogP contribution in [-0.2, 0) is 4.79 Å². The maximum Gasteiger partial charge on any atom is 0.326 e. The summed E-state index contributed by atoms with van der Waals surface area (Å²) >= 11 is 0. The van der Waals surface area contributed by atoms with E-state index >= 15 is 0 Å². The van der Waals surface area contributed by atoms with Gasteiger partial charge in [0.05, 0.1) is 0 Å². The van der Waals surface area contributed by atoms with Crippen LogP contribution in [0, 0.1) is 5.82 Å². The van der Waals surface area contributed by atoms with Crippen molar-refractivity contribution in [2.45, 2.75) is 18.9 Å². The molecule has 1 saturated heterocycles. The van der Waals surface area contributed by atoms with Crippen LogP contribution >= 0.6 is 0 Å². The van der Waals surface area contributed by atoms with E-state index in [1.807, 2.05) is 0 Å². The van der Waals surface area contributed by atoms with E-state index in [2.05, 4.69) is 5.10 Å². The molecule has 24 heavy (non-hydrogen) atoms. The number of halogens is 1. The van der Waals surface area contributed by atoms with Gasteiger partial charge >= 0.3 is 5.97 Å². The summed E-state index contributed by atoms with van der Waals surface area (Å²) in [6.45, 7) is 0.302. The maximum absolute atomic E-state index is 13.9. The Balaban J connectivity index is 2.00. The smallest absolute Gasteiger partial charge is 0.326 e. The van der Waals surface area contributed by atoms with Crippen LogP contribution in [0.15, 0.2) is 41.2 Å². The van der Waals surface area contributed by atoms with Gasteiger partial charge in [-0.15, -0.1) is 0 Å². The minimum Gasteiger partial charge on any atom is -0.480 e. The highest BCUT2D eigenvalue weighted by atomic mass is 19.1. The molecule has 0 spiro atoms. The normalized spacial score (nSPS) is 17.0. The number of amides is 1. The number of likely N-dealkylation sites (tertiary alicyclic amines) is 1. The monoisotopic (exact) mass is 331 g/mol. The van der Waals surface area contributed by atoms with Crippen LogP contribution in [0.1, 0.15) is 23.3 Å². The van der Waals surface area contributed by atoms with E-state index in [0.717, 1.165) is 10.7 Å². The van der Waals surface area contributed by atoms with Gasteiger partial charge < -0.3 is 10.0 Å². The molecule has 1 atom stereocenters. The molecular weight excluding hydrogens is 317 g/mol. The molecule has 8 heteroatoms. The number of aromatic nitrogens is 2. The topological polar surface area (TPSA) is 92.5 Å². The first-order valence-corrected chi connectivity index (χ1v) is 7.38. The number of rotatable bonds is 3. The molecule has 1 aliphatic rings. The minimum absolute atomic E-state index is 0.0756. The summed E-state index contributed by atoms with van der Waals surface area (Å²) in [6.07, 6.45) is 0.948. The van der Waals surface area contributed by atoms with Gasteiger partial charge in [0.15, 0.2) is 0 Å². The van der Waals surface area contributed by atoms with Crippen molar-refractivity contribution in [1.29, 1.82) is 0 Å². The van der Waals surface area contributed by atoms with Crippen LogP contribution in [0.25, 0.3) is 5.69 Å². The molecule has 2 aromatic rings. The minimum atomic E-state index is -1.08. The van der Waals surface area contributed by atoms with Crippen LogP contribution in [0.2, 0.25) is 0 Å². The summed E-state index contributed by atoms with van der Waals surface area (Å²) in [4.78, 5) is 36.9. The number of hydrogen-bond donors (Lipinski definition) is 1. The van der Waals surface area contributed by atoms with Crippen LogP contribution in [-0.4, -0.2) is 44.3 Å². The first-order valence-electron chi connectivity index (χ1n) is 7.38. The van der Waals surface area contributed by atoms with E-state index in [9.17, 15) is 23.9 Å². The van der Waals surface area contributed by atoms with Crippen molar-refractivity contribution in [1.82, 2.24) is 14.7 Å². The van der Waals surface area contributed by atoms with Gasteiger partial charge in [0, 0.05) is 12.6 Å². The van der Waals surface area contributed by atoms with Crippen molar-refractivity contribution < 1.29 is 19.1 Å². The molecule has 3 rings (SSSR count). The Morgan fingerprint density at radius 1 is 1.21 bits per heavy atom. The van der Waals surface area contributed by atoms with Gasteiger partial charge in [-0.25, -0.2) is 9.18 Å². The number of aliphatic carboxylic acids is 1. The molecule has 7 nitrogen and oxygen atoms in total. The van der Waals surface area contributed by atoms with Gasteiger partial charge in [-0.3, -0.25) is 9.59 Å². The first-order chi connectivity index (χ1) is 11.5. The summed E-state index contributed by atoms with van der Waals surface area (Å²) in [5.74, 6) is -2.32. The van der Waals surface area contributed by atoms with Gasteiger partial charge in [0.1, 0.15) is 23.2 Å². The molecule has 124 valence electrons. The second-order valence-electron chi connectivity index (χ2n) is 5.41. The lowest BCUT2D eigenvalue weighted by Gasteiger charge is -2.21. The molecule has 1 aliphatic heterocycles. The molecule has 1 aromatic carbocycles. The average Bonchev–Trinajstić information content (AvgIpc) is 3.05. The molecular formula is C16H14FN3O4. The number of para-hydroxylation sites is 1. The molecule has 0 unspecified atom stereocenters. The lowest BCUT2D eigenvalue weighted by atomic mass is 10.2. The Labute approximate surface area is 135 Å². The van der Waals surface area contributed by atoms with Gasteiger partial charge in [-0.2, -0.15) is 9.78 Å². The van der Waals surface area contributed by atoms with Crippen molar-refractivity contribution in [3.63, 3.8) is 0 Å². The molecule has 0 saturated carbocycles. The Morgan fingerprint density at radius 2 is 1.96 bits per heavy atom. The Kier molecular flexibility index (Phi) is 4.11. The second-order valence-corrected chi connectivity index (χ2v) is 5.41. The number of nitrogens with zero attached hydrogens (tertiary/aromatic N) is 3. The zero-order chi connectivity index (χ0) is 17.3. The summed E-state index contributed by atoms with van der Waals surface area (Å²) in [5, 5.41) is 13.1. The third-order valence-corrected chi connectivity index (χ3v) is 3.90. The fourth-order valence-electron chi connectivity index (χ4n) is 2.73. The summed E-state index contributed by atoms with van der Waals surface area (Å²) in [5.41, 5.74) is -0.771. The highest BCUT2D eigenvalue weighted by molar-refractivity contribution is 5.95. The van der Waals surface area contributed by atoms with Crippen molar-refractivity contribution in [2.75, 3.05) is 6.54 Å². The van der Waals surface area contributed by atoms with Gasteiger partial charge in [0.2, 0.25) is 0 Å². The lowest BCUT2D eigenvalue weighted by molar-refractivity contribution is -0.141. The molecule has 1 aromatic heterocycles. The fourth-order valence-corrected chi connectivity index (χ4v) is 2.73. The number of benzene rings is 1. The molecule has 0 radical (unpaired) electrons. The first kappa shape index (κ1) is 15.9. The number of carbonyl (C=O) groups excluding carboxylic acids is 1. The van der Waals surface area contributed by atoms with Crippen molar-refractivity contribution in [3.05, 3.63) is 58.3 Å². The third kappa shape index (κ3) is 2.78. The van der Waals surface area contributed by atoms with Crippen molar-refractivity contribution >= 4 is 11.9 Å². The molecule has 1 amide bonds. The van der Waals surface area contributed by atoms with Crippen LogP contribution < -0.4 is 5.56 Å². The van der Waals surface area contributed by atoms with E-state index in [0.29, 0.717) is 19.4 Å². The van der Waals surface area contributed by atoms with Crippen molar-refractivity contribution in [2.24, 2.45) is 0 Å². The third-order valence-electron chi connectivity index (χ3n) is 3.90. The molecule has 2 heterocycles. The van der Waals surface area contributed by atoms with E-state index in [1.165, 1.54) is 29.2 Å². The lowest BCUT2D eigenvalue weighted by Crippen LogP contribution is -2.41. The van der Waals surface area contributed by atoms with Crippen molar-refractivity contribution in [3.8, 4) is 5.69 Å². The van der Waals surface area contributed by atoms with Gasteiger partial charge in [0.25, 0.3) is 11.5 Å². The van der Waals surface area contributed by atoms with E-state index in [-0.39, 0.29) is 11.4 Å². The summed E-state index contributed by atoms with van der Waals surface area (Å²) in [6, 6.07) is 6.99. The Hall–Kier alpha value is -3.03. The quantitative estimate of drug-likeness (QED) is 0.908. The van der Waals surface area contributed by atoms with E-state index in [1.54, 1.807) is 6.07 Å². The molecule has 0 aliphatic carbocycles. The second kappa shape index (κ2) is 6.23. The van der Waals surface area contributed by atoms with Gasteiger partial charge in [-0.05, 0) is 31.0 Å². The van der Waals surface area contributed by atoms with Crippen LogP contribution in [0.4, 0.5) is 4.39 Å². The highest BCUT2D eigenvalue weighted by Crippen LogP contribution is 2.19. The molecule has 1 N–H and O–H groups in total. The Morgan fingerprint density at radius 3 is 2.67 bits per heavy atom. The highest BCUT2D eigenvalue weighted by Gasteiger charge is 2.35. The summed E-state index contributed by atoms with van der Waals surface area (Å²) < 4.78 is 14.7. The van der Waals surface area contributed by atoms with E-state index < -0.39 is 29.3 Å². The predicted octanol–water partition coefficient (Wildman–Crippen LogP) is 1.06. The number of carboxylic acid groups (broad SMARTS) is 1. The van der Waals surface area contributed by atoms with Gasteiger partial charge in [-0.1, -0.05) is 12.1 Å². The van der Waals surface area contributed by atoms with Crippen LogP contribution in [0.5, 0.6) is 0 Å². The van der Waals surface area contributed by atoms with Crippen LogP contribution in [0.3, 0.4) is 0 Å². The largest absolute Gasteiger partial charge is 0.480 e. The van der Waals surface area contributed by atoms with E-state index in [4.69, 9.17) is 0 Å². The fraction of sp³-hybridized carbons (Fsp3) is 0.250. The zero-order valence-electron chi connectivity index (χ0n) is 12.6. The Bertz CT molecular complexity index is 864. The SMILES string of the molecule is O=C(O)[C@H]1CCCN1C(=O)c1ccc(=O)n(-c2ccccc2F)n1. The standard InChI is InChI=1S/C16H14FN3O4/c17-10-4-1-2-5-12(10)20-14(21)8-7-11(18-20)15(22)19-9-3-6-13(19)16(23)24/h1-2,4-5,7-8,13H,3,6,9H2,(H,23,24)/t13-/m1/s1. The average molecular weight is 331 g/mol. The molecule has 1 fully saturated rings. The number of hydrogen-bond acceptors (Lipinski definition) is 4. The maximum atomic E-state index is 13.9. The molecule has 0 bridgehead atoms. The summed E-state index contributed by atoms with van der Waals surface area (Å²) in [7, 11) is 0. The number of carboxylic acids is 1. The zero-order valence-corrected chi connectivity index (χ0v) is 12.6. The predicted molar refractivity (Wildman–Crippen MR) is 81.5 cm³/mol. The number of carbonyl (C=O) groups is 2.